The minimum atomic E-state index is 0.0426. The van der Waals surface area contributed by atoms with Crippen LogP contribution in [0.2, 0.25) is 0 Å². The van der Waals surface area contributed by atoms with E-state index in [0.29, 0.717) is 11.9 Å². The summed E-state index contributed by atoms with van der Waals surface area (Å²) < 4.78 is 1.76. The van der Waals surface area contributed by atoms with Crippen LogP contribution in [0.3, 0.4) is 0 Å². The summed E-state index contributed by atoms with van der Waals surface area (Å²) in [4.78, 5) is 17.3. The van der Waals surface area contributed by atoms with Crippen molar-refractivity contribution < 1.29 is 0 Å². The third-order valence-corrected chi connectivity index (χ3v) is 4.84. The van der Waals surface area contributed by atoms with Crippen LogP contribution in [-0.2, 0) is 12.3 Å². The predicted molar refractivity (Wildman–Crippen MR) is 97.2 cm³/mol. The molecule has 0 aliphatic heterocycles. The van der Waals surface area contributed by atoms with E-state index in [1.807, 2.05) is 31.2 Å². The average Bonchev–Trinajstić information content (AvgIpc) is 2.52. The van der Waals surface area contributed by atoms with Gasteiger partial charge in [-0.3, -0.25) is 9.36 Å². The number of para-hydroxylation sites is 1. The van der Waals surface area contributed by atoms with Crippen LogP contribution in [-0.4, -0.2) is 9.55 Å². The summed E-state index contributed by atoms with van der Waals surface area (Å²) in [5, 5.41) is 1.47. The van der Waals surface area contributed by atoms with Gasteiger partial charge >= 0.3 is 0 Å². The van der Waals surface area contributed by atoms with Crippen molar-refractivity contribution in [3.8, 4) is 0 Å². The van der Waals surface area contributed by atoms with Crippen molar-refractivity contribution in [3.05, 3.63) is 69.5 Å². The number of rotatable bonds is 4. The van der Waals surface area contributed by atoms with Gasteiger partial charge in [-0.2, -0.15) is 0 Å². The van der Waals surface area contributed by atoms with E-state index in [2.05, 4.69) is 32.0 Å². The van der Waals surface area contributed by atoms with Gasteiger partial charge in [-0.15, -0.1) is 0 Å². The van der Waals surface area contributed by atoms with E-state index in [-0.39, 0.29) is 5.56 Å². The Morgan fingerprint density at radius 2 is 1.78 bits per heavy atom. The summed E-state index contributed by atoms with van der Waals surface area (Å²) in [6.45, 7) is 6.83. The molecular formula is C19H20N2OS. The molecule has 0 aliphatic rings. The van der Waals surface area contributed by atoms with E-state index < -0.39 is 0 Å². The first-order valence-corrected chi connectivity index (χ1v) is 8.76. The zero-order valence-corrected chi connectivity index (χ0v) is 14.5. The molecular weight excluding hydrogens is 304 g/mol. The molecule has 4 heteroatoms. The first-order chi connectivity index (χ1) is 11.1. The van der Waals surface area contributed by atoms with E-state index in [4.69, 9.17) is 4.98 Å². The van der Waals surface area contributed by atoms with E-state index in [9.17, 15) is 4.79 Å². The maximum absolute atomic E-state index is 12.6. The average molecular weight is 324 g/mol. The Labute approximate surface area is 140 Å². The second-order valence-corrected chi connectivity index (χ2v) is 6.69. The number of thioether (sulfide) groups is 1. The first kappa shape index (κ1) is 15.8. The minimum absolute atomic E-state index is 0.0426. The molecule has 0 atom stereocenters. The van der Waals surface area contributed by atoms with Gasteiger partial charge < -0.3 is 0 Å². The summed E-state index contributed by atoms with van der Waals surface area (Å²) in [5.41, 5.74) is 4.60. The molecule has 0 radical (unpaired) electrons. The summed E-state index contributed by atoms with van der Waals surface area (Å²) in [5.74, 6) is 0.813. The molecule has 2 aromatic carbocycles. The Kier molecular flexibility index (Phi) is 4.53. The quantitative estimate of drug-likeness (QED) is 0.529. The monoisotopic (exact) mass is 324 g/mol. The molecule has 0 fully saturated rings. The number of aryl methyl sites for hydroxylation is 2. The molecule has 0 spiro atoms. The van der Waals surface area contributed by atoms with Crippen LogP contribution in [0.15, 0.2) is 52.4 Å². The second kappa shape index (κ2) is 6.59. The second-order valence-electron chi connectivity index (χ2n) is 5.75. The maximum Gasteiger partial charge on any atom is 0.262 e. The molecule has 0 N–H and O–H groups in total. The highest BCUT2D eigenvalue weighted by Gasteiger charge is 2.10. The van der Waals surface area contributed by atoms with Gasteiger partial charge in [-0.05, 0) is 38.5 Å². The zero-order chi connectivity index (χ0) is 16.4. The SMILES string of the molecule is CCn1c(SCc2cc(C)cc(C)c2)nc2ccccc2c1=O. The van der Waals surface area contributed by atoms with Crippen molar-refractivity contribution >= 4 is 22.7 Å². The standard InChI is InChI=1S/C19H20N2OS/c1-4-21-18(22)16-7-5-6-8-17(16)20-19(21)23-12-15-10-13(2)9-14(3)11-15/h5-11H,4,12H2,1-3H3. The van der Waals surface area contributed by atoms with Gasteiger partial charge in [0, 0.05) is 12.3 Å². The molecule has 1 heterocycles. The molecule has 0 amide bonds. The van der Waals surface area contributed by atoms with Gasteiger partial charge in [0.1, 0.15) is 0 Å². The highest BCUT2D eigenvalue weighted by molar-refractivity contribution is 7.98. The number of nitrogens with zero attached hydrogens (tertiary/aromatic N) is 2. The summed E-state index contributed by atoms with van der Waals surface area (Å²) >= 11 is 1.62. The molecule has 0 unspecified atom stereocenters. The topological polar surface area (TPSA) is 34.9 Å². The molecule has 0 saturated carbocycles. The minimum Gasteiger partial charge on any atom is -0.287 e. The summed E-state index contributed by atoms with van der Waals surface area (Å²) in [7, 11) is 0. The molecule has 118 valence electrons. The Hall–Kier alpha value is -2.07. The molecule has 23 heavy (non-hydrogen) atoms. The number of benzene rings is 2. The molecule has 3 aromatic rings. The lowest BCUT2D eigenvalue weighted by Gasteiger charge is -2.11. The zero-order valence-electron chi connectivity index (χ0n) is 13.7. The third-order valence-electron chi connectivity index (χ3n) is 3.79. The van der Waals surface area contributed by atoms with E-state index in [0.717, 1.165) is 16.4 Å². The van der Waals surface area contributed by atoms with Crippen molar-refractivity contribution in [1.82, 2.24) is 9.55 Å². The van der Waals surface area contributed by atoms with Crippen molar-refractivity contribution in [1.29, 1.82) is 0 Å². The first-order valence-electron chi connectivity index (χ1n) is 7.78. The summed E-state index contributed by atoms with van der Waals surface area (Å²) in [6, 6.07) is 14.1. The maximum atomic E-state index is 12.6. The van der Waals surface area contributed by atoms with Crippen LogP contribution in [0.1, 0.15) is 23.6 Å². The molecule has 0 bridgehead atoms. The van der Waals surface area contributed by atoms with E-state index in [1.165, 1.54) is 16.7 Å². The van der Waals surface area contributed by atoms with Crippen LogP contribution >= 0.6 is 11.8 Å². The Morgan fingerprint density at radius 1 is 1.09 bits per heavy atom. The largest absolute Gasteiger partial charge is 0.287 e. The lowest BCUT2D eigenvalue weighted by Crippen LogP contribution is -2.22. The number of aromatic nitrogens is 2. The van der Waals surface area contributed by atoms with Crippen molar-refractivity contribution in [3.63, 3.8) is 0 Å². The van der Waals surface area contributed by atoms with Gasteiger partial charge in [0.05, 0.1) is 10.9 Å². The van der Waals surface area contributed by atoms with Gasteiger partial charge in [0.25, 0.3) is 5.56 Å². The van der Waals surface area contributed by atoms with Crippen LogP contribution in [0.4, 0.5) is 0 Å². The lowest BCUT2D eigenvalue weighted by molar-refractivity contribution is 0.634. The molecule has 0 saturated heterocycles. The van der Waals surface area contributed by atoms with Gasteiger partial charge in [0.15, 0.2) is 5.16 Å². The molecule has 3 rings (SSSR count). The number of hydrogen-bond donors (Lipinski definition) is 0. The van der Waals surface area contributed by atoms with Crippen molar-refractivity contribution in [2.24, 2.45) is 0 Å². The Morgan fingerprint density at radius 3 is 2.48 bits per heavy atom. The molecule has 3 nitrogen and oxygen atoms in total. The van der Waals surface area contributed by atoms with Crippen LogP contribution in [0, 0.1) is 13.8 Å². The molecule has 0 aliphatic carbocycles. The van der Waals surface area contributed by atoms with Crippen LogP contribution in [0.5, 0.6) is 0 Å². The summed E-state index contributed by atoms with van der Waals surface area (Å²) in [6.07, 6.45) is 0. The Bertz CT molecular complexity index is 895. The van der Waals surface area contributed by atoms with Gasteiger partial charge in [0.2, 0.25) is 0 Å². The van der Waals surface area contributed by atoms with Crippen molar-refractivity contribution in [2.45, 2.75) is 38.2 Å². The molecule has 1 aromatic heterocycles. The fraction of sp³-hybridized carbons (Fsp3) is 0.263. The lowest BCUT2D eigenvalue weighted by atomic mass is 10.1. The highest BCUT2D eigenvalue weighted by Crippen LogP contribution is 2.23. The Balaban J connectivity index is 1.97. The number of fused-ring (bicyclic) bond motifs is 1. The predicted octanol–water partition coefficient (Wildman–Crippen LogP) is 4.33. The van der Waals surface area contributed by atoms with Crippen LogP contribution in [0.25, 0.3) is 10.9 Å². The number of hydrogen-bond acceptors (Lipinski definition) is 3. The van der Waals surface area contributed by atoms with Crippen molar-refractivity contribution in [2.75, 3.05) is 0 Å². The normalized spacial score (nSPS) is 11.1. The highest BCUT2D eigenvalue weighted by atomic mass is 32.2. The fourth-order valence-corrected chi connectivity index (χ4v) is 3.83. The smallest absolute Gasteiger partial charge is 0.262 e. The third kappa shape index (κ3) is 3.32. The van der Waals surface area contributed by atoms with E-state index in [1.54, 1.807) is 16.3 Å². The van der Waals surface area contributed by atoms with Gasteiger partial charge in [-0.25, -0.2) is 4.98 Å². The van der Waals surface area contributed by atoms with Crippen LogP contribution < -0.4 is 5.56 Å². The fourth-order valence-electron chi connectivity index (χ4n) is 2.84. The van der Waals surface area contributed by atoms with E-state index >= 15 is 0 Å². The van der Waals surface area contributed by atoms with Gasteiger partial charge in [-0.1, -0.05) is 53.2 Å².